The second-order valence-electron chi connectivity index (χ2n) is 7.31. The van der Waals surface area contributed by atoms with Gasteiger partial charge in [0.1, 0.15) is 0 Å². The van der Waals surface area contributed by atoms with Crippen LogP contribution in [-0.4, -0.2) is 10.7 Å². The van der Waals surface area contributed by atoms with Crippen molar-refractivity contribution in [1.82, 2.24) is 0 Å². The number of rotatable bonds is 1. The molecule has 84 valence electrons. The zero-order valence-corrected chi connectivity index (χ0v) is 10.1. The summed E-state index contributed by atoms with van der Waals surface area (Å²) in [5.41, 5.74) is 1.51. The summed E-state index contributed by atoms with van der Waals surface area (Å²) in [6.07, 6.45) is 4.59. The Morgan fingerprint density at radius 2 is 1.80 bits per heavy atom. The number of aliphatic hydroxyl groups is 1. The average molecular weight is 206 g/mol. The molecular weight excluding hydrogens is 184 g/mol. The van der Waals surface area contributed by atoms with E-state index in [0.717, 1.165) is 12.0 Å². The van der Waals surface area contributed by atoms with Crippen LogP contribution >= 0.6 is 0 Å². The second-order valence-corrected chi connectivity index (χ2v) is 7.31. The van der Waals surface area contributed by atoms with E-state index in [4.69, 9.17) is 0 Å². The van der Waals surface area contributed by atoms with Crippen molar-refractivity contribution >= 4 is 0 Å². The third kappa shape index (κ3) is 1.13. The monoisotopic (exact) mass is 206 g/mol. The Kier molecular flexibility index (Phi) is 1.55. The molecule has 15 heavy (non-hydrogen) atoms. The summed E-state index contributed by atoms with van der Waals surface area (Å²) in [5.74, 6) is 1.12. The van der Waals surface area contributed by atoms with Crippen LogP contribution in [0.5, 0.6) is 0 Å². The molecule has 3 saturated carbocycles. The Balaban J connectivity index is 1.79. The van der Waals surface area contributed by atoms with Crippen LogP contribution in [0.1, 0.15) is 46.5 Å². The maximum atomic E-state index is 10.8. The third-order valence-corrected chi connectivity index (χ3v) is 5.27. The molecule has 3 atom stereocenters. The maximum absolute atomic E-state index is 10.8. The molecule has 3 aliphatic carbocycles. The van der Waals surface area contributed by atoms with Gasteiger partial charge in [-0.25, -0.2) is 0 Å². The molecule has 0 unspecified atom stereocenters. The van der Waals surface area contributed by atoms with Crippen molar-refractivity contribution in [3.8, 4) is 0 Å². The van der Waals surface area contributed by atoms with Crippen LogP contribution in [0.15, 0.2) is 12.2 Å². The van der Waals surface area contributed by atoms with Gasteiger partial charge >= 0.3 is 0 Å². The standard InChI is InChI=1S/C14H22O/c1-9-11-7-13(11,4)8-14(9,15)10-5-12(2,3)6-10/h10-11,15H,1,5-8H2,2-4H3/t11-,13+,14+/m1/s1. The number of hydrogen-bond donors (Lipinski definition) is 1. The lowest BCUT2D eigenvalue weighted by molar-refractivity contribution is -0.0760. The van der Waals surface area contributed by atoms with Crippen molar-refractivity contribution in [2.45, 2.75) is 52.1 Å². The van der Waals surface area contributed by atoms with Gasteiger partial charge < -0.3 is 5.11 Å². The molecule has 0 aliphatic heterocycles. The molecule has 0 bridgehead atoms. The van der Waals surface area contributed by atoms with Gasteiger partial charge in [0.05, 0.1) is 5.60 Å². The van der Waals surface area contributed by atoms with Gasteiger partial charge in [-0.2, -0.15) is 0 Å². The molecule has 0 heterocycles. The minimum atomic E-state index is -0.507. The lowest BCUT2D eigenvalue weighted by Crippen LogP contribution is -2.48. The largest absolute Gasteiger partial charge is 0.385 e. The molecule has 0 aromatic carbocycles. The van der Waals surface area contributed by atoms with E-state index in [0.29, 0.717) is 22.7 Å². The molecule has 0 saturated heterocycles. The van der Waals surface area contributed by atoms with Gasteiger partial charge in [0.2, 0.25) is 0 Å². The van der Waals surface area contributed by atoms with Crippen LogP contribution in [0.2, 0.25) is 0 Å². The van der Waals surface area contributed by atoms with Gasteiger partial charge in [-0.15, -0.1) is 0 Å². The normalized spacial score (nSPS) is 52.5. The summed E-state index contributed by atoms with van der Waals surface area (Å²) in [6, 6.07) is 0. The molecular formula is C14H22O. The zero-order valence-electron chi connectivity index (χ0n) is 10.1. The van der Waals surface area contributed by atoms with Crippen molar-refractivity contribution in [3.63, 3.8) is 0 Å². The highest BCUT2D eigenvalue weighted by Gasteiger charge is 2.67. The molecule has 1 nitrogen and oxygen atoms in total. The first-order valence-electron chi connectivity index (χ1n) is 6.19. The van der Waals surface area contributed by atoms with Gasteiger partial charge in [-0.1, -0.05) is 27.4 Å². The van der Waals surface area contributed by atoms with Gasteiger partial charge in [0, 0.05) is 0 Å². The van der Waals surface area contributed by atoms with Crippen molar-refractivity contribution in [2.75, 3.05) is 0 Å². The predicted molar refractivity (Wildman–Crippen MR) is 61.4 cm³/mol. The van der Waals surface area contributed by atoms with E-state index < -0.39 is 5.60 Å². The topological polar surface area (TPSA) is 20.2 Å². The first kappa shape index (κ1) is 9.89. The Labute approximate surface area is 92.6 Å². The Hall–Kier alpha value is -0.300. The van der Waals surface area contributed by atoms with Crippen LogP contribution in [0, 0.1) is 22.7 Å². The number of fused-ring (bicyclic) bond motifs is 1. The zero-order chi connectivity index (χ0) is 11.1. The molecule has 3 rings (SSSR count). The van der Waals surface area contributed by atoms with Crippen molar-refractivity contribution in [1.29, 1.82) is 0 Å². The SMILES string of the molecule is C=C1[C@H]2C[C@@]2(C)C[C@@]1(O)C1CC(C)(C)C1. The molecule has 0 spiro atoms. The summed E-state index contributed by atoms with van der Waals surface area (Å²) in [7, 11) is 0. The smallest absolute Gasteiger partial charge is 0.0890 e. The van der Waals surface area contributed by atoms with E-state index >= 15 is 0 Å². The van der Waals surface area contributed by atoms with Crippen LogP contribution in [0.4, 0.5) is 0 Å². The minimum Gasteiger partial charge on any atom is -0.385 e. The Bertz CT molecular complexity index is 335. The summed E-state index contributed by atoms with van der Waals surface area (Å²) < 4.78 is 0. The molecule has 0 amide bonds. The first-order chi connectivity index (χ1) is 6.77. The van der Waals surface area contributed by atoms with Crippen LogP contribution in [0.25, 0.3) is 0 Å². The summed E-state index contributed by atoms with van der Waals surface area (Å²) in [6.45, 7) is 11.1. The quantitative estimate of drug-likeness (QED) is 0.653. The number of hydrogen-bond acceptors (Lipinski definition) is 1. The molecule has 0 radical (unpaired) electrons. The molecule has 1 N–H and O–H groups in total. The first-order valence-corrected chi connectivity index (χ1v) is 6.19. The van der Waals surface area contributed by atoms with Crippen molar-refractivity contribution < 1.29 is 5.11 Å². The van der Waals surface area contributed by atoms with E-state index in [1.54, 1.807) is 0 Å². The summed E-state index contributed by atoms with van der Waals surface area (Å²) >= 11 is 0. The fourth-order valence-corrected chi connectivity index (χ4v) is 4.20. The molecule has 3 fully saturated rings. The molecule has 3 aliphatic rings. The Morgan fingerprint density at radius 1 is 1.20 bits per heavy atom. The van der Waals surface area contributed by atoms with Crippen LogP contribution in [0.3, 0.4) is 0 Å². The predicted octanol–water partition coefficient (Wildman–Crippen LogP) is 3.14. The minimum absolute atomic E-state index is 0.408. The summed E-state index contributed by atoms with van der Waals surface area (Å²) in [4.78, 5) is 0. The average Bonchev–Trinajstić information content (AvgIpc) is 2.66. The lowest BCUT2D eigenvalue weighted by atomic mass is 9.57. The van der Waals surface area contributed by atoms with E-state index in [9.17, 15) is 5.11 Å². The van der Waals surface area contributed by atoms with E-state index in [-0.39, 0.29) is 0 Å². The van der Waals surface area contributed by atoms with Crippen molar-refractivity contribution in [2.24, 2.45) is 22.7 Å². The van der Waals surface area contributed by atoms with E-state index in [1.165, 1.54) is 19.3 Å². The highest BCUT2D eigenvalue weighted by molar-refractivity contribution is 5.36. The van der Waals surface area contributed by atoms with Crippen LogP contribution in [-0.2, 0) is 0 Å². The third-order valence-electron chi connectivity index (χ3n) is 5.27. The van der Waals surface area contributed by atoms with Gasteiger partial charge in [0.25, 0.3) is 0 Å². The van der Waals surface area contributed by atoms with Gasteiger partial charge in [0.15, 0.2) is 0 Å². The molecule has 0 aromatic heterocycles. The fourth-order valence-electron chi connectivity index (χ4n) is 4.20. The highest BCUT2D eigenvalue weighted by Crippen LogP contribution is 2.72. The van der Waals surface area contributed by atoms with E-state index in [2.05, 4.69) is 27.4 Å². The maximum Gasteiger partial charge on any atom is 0.0890 e. The Morgan fingerprint density at radius 3 is 2.20 bits per heavy atom. The van der Waals surface area contributed by atoms with Gasteiger partial charge in [-0.3, -0.25) is 0 Å². The van der Waals surface area contributed by atoms with Gasteiger partial charge in [-0.05, 0) is 53.9 Å². The molecule has 0 aromatic rings. The lowest BCUT2D eigenvalue weighted by Gasteiger charge is -2.50. The highest BCUT2D eigenvalue weighted by atomic mass is 16.3. The van der Waals surface area contributed by atoms with E-state index in [1.807, 2.05) is 0 Å². The second kappa shape index (κ2) is 2.34. The fraction of sp³-hybridized carbons (Fsp3) is 0.857. The van der Waals surface area contributed by atoms with Crippen molar-refractivity contribution in [3.05, 3.63) is 12.2 Å². The van der Waals surface area contributed by atoms with Crippen LogP contribution < -0.4 is 0 Å². The molecule has 1 heteroatoms. The summed E-state index contributed by atoms with van der Waals surface area (Å²) in [5, 5.41) is 10.8.